The highest BCUT2D eigenvalue weighted by molar-refractivity contribution is 7.90. The lowest BCUT2D eigenvalue weighted by molar-refractivity contribution is -0.128. The van der Waals surface area contributed by atoms with Crippen molar-refractivity contribution in [2.75, 3.05) is 12.8 Å². The van der Waals surface area contributed by atoms with E-state index in [1.807, 2.05) is 30.3 Å². The summed E-state index contributed by atoms with van der Waals surface area (Å²) < 4.78 is 29.8. The molecule has 9 nitrogen and oxygen atoms in total. The number of ether oxygens (including phenoxy) is 1. The first-order valence-corrected chi connectivity index (χ1v) is 14.7. The van der Waals surface area contributed by atoms with Gasteiger partial charge in [-0.1, -0.05) is 30.3 Å². The maximum absolute atomic E-state index is 13.3. The number of nitrogens with zero attached hydrogens (tertiary/aromatic N) is 3. The molecule has 204 valence electrons. The third-order valence-corrected chi connectivity index (χ3v) is 8.22. The average molecular weight is 549 g/mol. The molecule has 1 N–H and O–H groups in total. The van der Waals surface area contributed by atoms with Gasteiger partial charge < -0.3 is 10.1 Å². The molecule has 2 aromatic carbocycles. The van der Waals surface area contributed by atoms with Crippen molar-refractivity contribution in [3.63, 3.8) is 0 Å². The number of carbonyl (C=O) groups is 2. The van der Waals surface area contributed by atoms with Crippen LogP contribution in [0.2, 0.25) is 0 Å². The topological polar surface area (TPSA) is 140 Å². The number of hydrogen-bond donors (Lipinski definition) is 1. The van der Waals surface area contributed by atoms with Crippen LogP contribution in [0.1, 0.15) is 63.5 Å². The highest BCUT2D eigenvalue weighted by Crippen LogP contribution is 2.51. The number of sulfone groups is 1. The first-order chi connectivity index (χ1) is 18.3. The van der Waals surface area contributed by atoms with Crippen molar-refractivity contribution in [1.29, 1.82) is 10.5 Å². The first kappa shape index (κ1) is 28.1. The number of nitriles is 2. The molecule has 0 spiro atoms. The van der Waals surface area contributed by atoms with E-state index < -0.39 is 33.1 Å². The number of amides is 2. The van der Waals surface area contributed by atoms with Gasteiger partial charge in [0.25, 0.3) is 0 Å². The summed E-state index contributed by atoms with van der Waals surface area (Å²) in [4.78, 5) is 27.5. The van der Waals surface area contributed by atoms with Crippen LogP contribution >= 0.6 is 0 Å². The van der Waals surface area contributed by atoms with Crippen LogP contribution in [0, 0.1) is 22.7 Å². The second kappa shape index (κ2) is 10.3. The molecule has 2 aromatic rings. The predicted molar refractivity (Wildman–Crippen MR) is 144 cm³/mol. The highest BCUT2D eigenvalue weighted by Gasteiger charge is 2.57. The Labute approximate surface area is 229 Å². The van der Waals surface area contributed by atoms with Crippen molar-refractivity contribution in [3.05, 3.63) is 53.6 Å². The number of rotatable bonds is 5. The quantitative estimate of drug-likeness (QED) is 0.588. The summed E-state index contributed by atoms with van der Waals surface area (Å²) in [6, 6.07) is 15.5. The van der Waals surface area contributed by atoms with E-state index in [1.54, 1.807) is 26.8 Å². The molecule has 0 radical (unpaired) electrons. The molecule has 1 aliphatic heterocycles. The number of benzene rings is 2. The lowest BCUT2D eigenvalue weighted by atomic mass is 9.99. The zero-order valence-electron chi connectivity index (χ0n) is 22.5. The standard InChI is InChI=1S/C29H32N4O5S/c1-28(2,3)38-27(35)33-14-6-5-7-24(33)26(34)32-29(18-31)16-23(29)20-10-8-19(9-11-20)21-12-13-22(17-30)25(15-21)39(4,36)37/h8-13,15,23-24H,5-7,14,16H2,1-4H3,(H,32,34)/t23-,24-,29?/m0/s1. The van der Waals surface area contributed by atoms with Crippen LogP contribution in [0.5, 0.6) is 0 Å². The third kappa shape index (κ3) is 6.07. The largest absolute Gasteiger partial charge is 0.444 e. The number of nitrogens with one attached hydrogen (secondary N) is 1. The first-order valence-electron chi connectivity index (χ1n) is 12.9. The van der Waals surface area contributed by atoms with Crippen LogP contribution < -0.4 is 5.32 Å². The van der Waals surface area contributed by atoms with E-state index >= 15 is 0 Å². The van der Waals surface area contributed by atoms with Gasteiger partial charge in [0.05, 0.1) is 16.5 Å². The second-order valence-electron chi connectivity index (χ2n) is 11.2. The molecule has 0 bridgehead atoms. The minimum absolute atomic E-state index is 0.0249. The van der Waals surface area contributed by atoms with E-state index in [0.717, 1.165) is 30.2 Å². The van der Waals surface area contributed by atoms with Gasteiger partial charge in [0.15, 0.2) is 9.84 Å². The van der Waals surface area contributed by atoms with Gasteiger partial charge in [-0.05, 0) is 75.3 Å². The molecular formula is C29H32N4O5S. The molecule has 4 rings (SSSR count). The van der Waals surface area contributed by atoms with Crippen molar-refractivity contribution in [3.8, 4) is 23.3 Å². The van der Waals surface area contributed by atoms with Crippen LogP contribution in [-0.4, -0.2) is 55.3 Å². The van der Waals surface area contributed by atoms with Crippen LogP contribution in [0.3, 0.4) is 0 Å². The lowest BCUT2D eigenvalue weighted by Gasteiger charge is -2.36. The van der Waals surface area contributed by atoms with Gasteiger partial charge in [0.1, 0.15) is 23.3 Å². The normalized spacial score (nSPS) is 22.8. The Morgan fingerprint density at radius 3 is 2.33 bits per heavy atom. The number of piperidine rings is 1. The van der Waals surface area contributed by atoms with Gasteiger partial charge in [-0.25, -0.2) is 13.2 Å². The number of hydrogen-bond acceptors (Lipinski definition) is 7. The third-order valence-electron chi connectivity index (χ3n) is 7.09. The van der Waals surface area contributed by atoms with E-state index in [9.17, 15) is 28.5 Å². The monoisotopic (exact) mass is 548 g/mol. The lowest BCUT2D eigenvalue weighted by Crippen LogP contribution is -2.55. The fourth-order valence-corrected chi connectivity index (χ4v) is 5.86. The molecule has 39 heavy (non-hydrogen) atoms. The number of carbonyl (C=O) groups excluding carboxylic acids is 2. The fraction of sp³-hybridized carbons (Fsp3) is 0.448. The summed E-state index contributed by atoms with van der Waals surface area (Å²) >= 11 is 0. The molecule has 1 unspecified atom stereocenters. The van der Waals surface area contributed by atoms with Crippen LogP contribution in [0.25, 0.3) is 11.1 Å². The van der Waals surface area contributed by atoms with E-state index in [0.29, 0.717) is 24.9 Å². The van der Waals surface area contributed by atoms with Crippen LogP contribution in [-0.2, 0) is 19.4 Å². The summed E-state index contributed by atoms with van der Waals surface area (Å²) in [6.45, 7) is 5.76. The van der Waals surface area contributed by atoms with E-state index in [4.69, 9.17) is 4.74 Å². The van der Waals surface area contributed by atoms with Gasteiger partial charge in [0, 0.05) is 18.7 Å². The van der Waals surface area contributed by atoms with Crippen molar-refractivity contribution >= 4 is 21.8 Å². The molecule has 2 aliphatic rings. The van der Waals surface area contributed by atoms with E-state index in [2.05, 4.69) is 11.4 Å². The van der Waals surface area contributed by atoms with Gasteiger partial charge >= 0.3 is 6.09 Å². The molecule has 2 fully saturated rings. The summed E-state index contributed by atoms with van der Waals surface area (Å²) in [5, 5.41) is 22.2. The molecule has 1 saturated heterocycles. The maximum atomic E-state index is 13.3. The van der Waals surface area contributed by atoms with E-state index in [1.165, 1.54) is 17.0 Å². The Morgan fingerprint density at radius 2 is 1.74 bits per heavy atom. The molecule has 1 aliphatic carbocycles. The van der Waals surface area contributed by atoms with Gasteiger partial charge in [-0.15, -0.1) is 0 Å². The maximum Gasteiger partial charge on any atom is 0.410 e. The summed E-state index contributed by atoms with van der Waals surface area (Å²) in [5.74, 6) is -0.571. The van der Waals surface area contributed by atoms with Gasteiger partial charge in [-0.2, -0.15) is 10.5 Å². The Morgan fingerprint density at radius 1 is 1.08 bits per heavy atom. The van der Waals surface area contributed by atoms with Crippen molar-refractivity contribution in [2.24, 2.45) is 0 Å². The minimum Gasteiger partial charge on any atom is -0.444 e. The number of likely N-dealkylation sites (tertiary alicyclic amines) is 1. The molecule has 1 heterocycles. The molecule has 10 heteroatoms. The van der Waals surface area contributed by atoms with Crippen molar-refractivity contribution in [2.45, 2.75) is 74.4 Å². The molecule has 1 saturated carbocycles. The predicted octanol–water partition coefficient (Wildman–Crippen LogP) is 4.28. The summed E-state index contributed by atoms with van der Waals surface area (Å²) in [7, 11) is -3.58. The smallest absolute Gasteiger partial charge is 0.410 e. The van der Waals surface area contributed by atoms with Crippen molar-refractivity contribution < 1.29 is 22.7 Å². The van der Waals surface area contributed by atoms with Crippen molar-refractivity contribution in [1.82, 2.24) is 10.2 Å². The Hall–Kier alpha value is -3.89. The molecular weight excluding hydrogens is 516 g/mol. The Kier molecular flexibility index (Phi) is 7.46. The van der Waals surface area contributed by atoms with Gasteiger partial charge in [0.2, 0.25) is 5.91 Å². The fourth-order valence-electron chi connectivity index (χ4n) is 5.01. The summed E-state index contributed by atoms with van der Waals surface area (Å²) in [5.41, 5.74) is 0.625. The zero-order valence-corrected chi connectivity index (χ0v) is 23.3. The Bertz CT molecular complexity index is 1480. The molecule has 3 atom stereocenters. The zero-order chi connectivity index (χ0) is 28.6. The molecule has 2 amide bonds. The average Bonchev–Trinajstić information content (AvgIpc) is 3.61. The summed E-state index contributed by atoms with van der Waals surface area (Å²) in [6.07, 6.45) is 3.08. The van der Waals surface area contributed by atoms with Crippen LogP contribution in [0.15, 0.2) is 47.4 Å². The van der Waals surface area contributed by atoms with E-state index in [-0.39, 0.29) is 22.3 Å². The highest BCUT2D eigenvalue weighted by atomic mass is 32.2. The van der Waals surface area contributed by atoms with Gasteiger partial charge in [-0.3, -0.25) is 9.69 Å². The second-order valence-corrected chi connectivity index (χ2v) is 13.2. The SMILES string of the molecule is CC(C)(C)OC(=O)N1CCCC[C@H]1C(=O)NC1(C#N)C[C@H]1c1ccc(-c2ccc(C#N)c(S(C)(=O)=O)c2)cc1. The van der Waals surface area contributed by atoms with Crippen LogP contribution in [0.4, 0.5) is 4.79 Å². The Balaban J connectivity index is 1.49. The minimum atomic E-state index is -3.58. The molecule has 0 aromatic heterocycles.